The molecule has 4 nitrogen and oxygen atoms in total. The summed E-state index contributed by atoms with van der Waals surface area (Å²) in [7, 11) is 0. The van der Waals surface area contributed by atoms with Gasteiger partial charge in [-0.15, -0.1) is 0 Å². The molecule has 0 saturated heterocycles. The fraction of sp³-hybridized carbons (Fsp3) is 0.250. The number of hydrogen-bond acceptors (Lipinski definition) is 3. The lowest BCUT2D eigenvalue weighted by Crippen LogP contribution is -2.26. The largest absolute Gasteiger partial charge is 0.384 e. The van der Waals surface area contributed by atoms with Crippen molar-refractivity contribution < 1.29 is 4.79 Å². The average Bonchev–Trinajstić information content (AvgIpc) is 2.50. The SMILES string of the molecule is CCNc1ccc(C(=O)NCCc2ccc(Cl)cc2)nc1. The summed E-state index contributed by atoms with van der Waals surface area (Å²) < 4.78 is 0. The standard InChI is InChI=1S/C16H18ClN3O/c1-2-18-14-7-8-15(20-11-14)16(21)19-10-9-12-3-5-13(17)6-4-12/h3-8,11,18H,2,9-10H2,1H3,(H,19,21). The fourth-order valence-electron chi connectivity index (χ4n) is 1.90. The molecule has 0 saturated carbocycles. The minimum Gasteiger partial charge on any atom is -0.384 e. The van der Waals surface area contributed by atoms with E-state index in [2.05, 4.69) is 15.6 Å². The second-order valence-corrected chi connectivity index (χ2v) is 5.03. The first kappa shape index (κ1) is 15.3. The van der Waals surface area contributed by atoms with Crippen LogP contribution in [0.4, 0.5) is 5.69 Å². The molecule has 0 aliphatic heterocycles. The maximum absolute atomic E-state index is 11.9. The Kier molecular flexibility index (Phi) is 5.58. The third-order valence-corrected chi connectivity index (χ3v) is 3.24. The quantitative estimate of drug-likeness (QED) is 0.862. The molecule has 0 fully saturated rings. The van der Waals surface area contributed by atoms with E-state index in [4.69, 9.17) is 11.6 Å². The number of aromatic nitrogens is 1. The van der Waals surface area contributed by atoms with Gasteiger partial charge in [0.05, 0.1) is 11.9 Å². The molecule has 2 N–H and O–H groups in total. The lowest BCUT2D eigenvalue weighted by Gasteiger charge is -2.06. The van der Waals surface area contributed by atoms with Crippen LogP contribution in [0.1, 0.15) is 23.0 Å². The first-order valence-corrected chi connectivity index (χ1v) is 7.29. The number of pyridine rings is 1. The zero-order valence-corrected chi connectivity index (χ0v) is 12.7. The second-order valence-electron chi connectivity index (χ2n) is 4.59. The summed E-state index contributed by atoms with van der Waals surface area (Å²) in [5, 5.41) is 6.71. The van der Waals surface area contributed by atoms with Crippen molar-refractivity contribution in [3.8, 4) is 0 Å². The van der Waals surface area contributed by atoms with Gasteiger partial charge in [-0.25, -0.2) is 4.98 Å². The van der Waals surface area contributed by atoms with Gasteiger partial charge in [0.2, 0.25) is 0 Å². The van der Waals surface area contributed by atoms with Crippen molar-refractivity contribution in [1.82, 2.24) is 10.3 Å². The van der Waals surface area contributed by atoms with Crippen LogP contribution < -0.4 is 10.6 Å². The van der Waals surface area contributed by atoms with Crippen LogP contribution in [0.3, 0.4) is 0 Å². The molecule has 0 radical (unpaired) electrons. The van der Waals surface area contributed by atoms with E-state index in [1.54, 1.807) is 12.3 Å². The van der Waals surface area contributed by atoms with Gasteiger partial charge in [-0.2, -0.15) is 0 Å². The number of amides is 1. The van der Waals surface area contributed by atoms with Crippen molar-refractivity contribution in [2.24, 2.45) is 0 Å². The third-order valence-electron chi connectivity index (χ3n) is 2.99. The summed E-state index contributed by atoms with van der Waals surface area (Å²) in [6.07, 6.45) is 2.43. The molecule has 0 aliphatic rings. The maximum atomic E-state index is 11.9. The molecular formula is C16H18ClN3O. The monoisotopic (exact) mass is 303 g/mol. The topological polar surface area (TPSA) is 54.0 Å². The molecule has 5 heteroatoms. The van der Waals surface area contributed by atoms with Gasteiger partial charge in [-0.1, -0.05) is 23.7 Å². The molecule has 0 bridgehead atoms. The Balaban J connectivity index is 1.82. The number of nitrogens with zero attached hydrogens (tertiary/aromatic N) is 1. The Hall–Kier alpha value is -2.07. The van der Waals surface area contributed by atoms with E-state index in [1.165, 1.54) is 0 Å². The molecule has 0 atom stereocenters. The molecule has 1 aromatic carbocycles. The summed E-state index contributed by atoms with van der Waals surface area (Å²) in [5.74, 6) is -0.160. The highest BCUT2D eigenvalue weighted by Gasteiger charge is 2.06. The van der Waals surface area contributed by atoms with Crippen molar-refractivity contribution in [2.45, 2.75) is 13.3 Å². The van der Waals surface area contributed by atoms with Gasteiger partial charge in [-0.05, 0) is 43.2 Å². The van der Waals surface area contributed by atoms with Crippen LogP contribution in [0.5, 0.6) is 0 Å². The minimum atomic E-state index is -0.160. The normalized spacial score (nSPS) is 10.2. The number of halogens is 1. The van der Waals surface area contributed by atoms with E-state index >= 15 is 0 Å². The summed E-state index contributed by atoms with van der Waals surface area (Å²) in [6.45, 7) is 3.41. The van der Waals surface area contributed by atoms with Gasteiger partial charge >= 0.3 is 0 Å². The fourth-order valence-corrected chi connectivity index (χ4v) is 2.02. The Labute approximate surface area is 129 Å². The van der Waals surface area contributed by atoms with E-state index in [9.17, 15) is 4.79 Å². The average molecular weight is 304 g/mol. The van der Waals surface area contributed by atoms with Gasteiger partial charge in [0.1, 0.15) is 5.69 Å². The molecular weight excluding hydrogens is 286 g/mol. The Bertz CT molecular complexity index is 581. The van der Waals surface area contributed by atoms with Crippen molar-refractivity contribution in [1.29, 1.82) is 0 Å². The molecule has 110 valence electrons. The number of rotatable bonds is 6. The summed E-state index contributed by atoms with van der Waals surface area (Å²) in [4.78, 5) is 16.1. The summed E-state index contributed by atoms with van der Waals surface area (Å²) in [6, 6.07) is 11.2. The molecule has 21 heavy (non-hydrogen) atoms. The van der Waals surface area contributed by atoms with E-state index < -0.39 is 0 Å². The van der Waals surface area contributed by atoms with Gasteiger partial charge < -0.3 is 10.6 Å². The molecule has 0 unspecified atom stereocenters. The lowest BCUT2D eigenvalue weighted by atomic mass is 10.1. The number of anilines is 1. The minimum absolute atomic E-state index is 0.160. The molecule has 1 aromatic heterocycles. The van der Waals surface area contributed by atoms with Gasteiger partial charge in [0, 0.05) is 18.1 Å². The van der Waals surface area contributed by atoms with Crippen LogP contribution in [0.2, 0.25) is 5.02 Å². The van der Waals surface area contributed by atoms with Crippen molar-refractivity contribution >= 4 is 23.2 Å². The van der Waals surface area contributed by atoms with E-state index in [0.29, 0.717) is 17.3 Å². The highest BCUT2D eigenvalue weighted by molar-refractivity contribution is 6.30. The van der Waals surface area contributed by atoms with Crippen molar-refractivity contribution in [2.75, 3.05) is 18.4 Å². The Morgan fingerprint density at radius 3 is 2.57 bits per heavy atom. The van der Waals surface area contributed by atoms with Crippen molar-refractivity contribution in [3.05, 3.63) is 58.9 Å². The number of nitrogens with one attached hydrogen (secondary N) is 2. The first-order valence-electron chi connectivity index (χ1n) is 6.91. The number of carbonyl (C=O) groups excluding carboxylic acids is 1. The highest BCUT2D eigenvalue weighted by atomic mass is 35.5. The zero-order valence-electron chi connectivity index (χ0n) is 11.9. The first-order chi connectivity index (χ1) is 10.2. The molecule has 2 aromatic rings. The third kappa shape index (κ3) is 4.76. The Morgan fingerprint density at radius 2 is 1.95 bits per heavy atom. The predicted molar refractivity (Wildman–Crippen MR) is 85.9 cm³/mol. The van der Waals surface area contributed by atoms with E-state index in [0.717, 1.165) is 24.2 Å². The Morgan fingerprint density at radius 1 is 1.19 bits per heavy atom. The number of benzene rings is 1. The summed E-state index contributed by atoms with van der Waals surface area (Å²) >= 11 is 5.83. The molecule has 1 heterocycles. The number of carbonyl (C=O) groups is 1. The van der Waals surface area contributed by atoms with Gasteiger partial charge in [0.25, 0.3) is 5.91 Å². The molecule has 1 amide bonds. The predicted octanol–water partition coefficient (Wildman–Crippen LogP) is 3.14. The summed E-state index contributed by atoms with van der Waals surface area (Å²) in [5.41, 5.74) is 2.47. The van der Waals surface area contributed by atoms with E-state index in [-0.39, 0.29) is 5.91 Å². The van der Waals surface area contributed by atoms with Crippen LogP contribution >= 0.6 is 11.6 Å². The van der Waals surface area contributed by atoms with Crippen LogP contribution in [0.25, 0.3) is 0 Å². The molecule has 0 aliphatic carbocycles. The van der Waals surface area contributed by atoms with Gasteiger partial charge in [-0.3, -0.25) is 4.79 Å². The lowest BCUT2D eigenvalue weighted by molar-refractivity contribution is 0.0949. The highest BCUT2D eigenvalue weighted by Crippen LogP contribution is 2.09. The smallest absolute Gasteiger partial charge is 0.269 e. The second kappa shape index (κ2) is 7.64. The van der Waals surface area contributed by atoms with Crippen LogP contribution in [0, 0.1) is 0 Å². The zero-order chi connectivity index (χ0) is 15.1. The van der Waals surface area contributed by atoms with Crippen LogP contribution in [-0.4, -0.2) is 24.0 Å². The maximum Gasteiger partial charge on any atom is 0.269 e. The number of hydrogen-bond donors (Lipinski definition) is 2. The van der Waals surface area contributed by atoms with Crippen LogP contribution in [-0.2, 0) is 6.42 Å². The van der Waals surface area contributed by atoms with Crippen LogP contribution in [0.15, 0.2) is 42.6 Å². The van der Waals surface area contributed by atoms with Crippen molar-refractivity contribution in [3.63, 3.8) is 0 Å². The molecule has 2 rings (SSSR count). The van der Waals surface area contributed by atoms with Gasteiger partial charge in [0.15, 0.2) is 0 Å². The molecule has 0 spiro atoms. The van der Waals surface area contributed by atoms with E-state index in [1.807, 2.05) is 37.3 Å².